The van der Waals surface area contributed by atoms with Crippen molar-refractivity contribution in [2.75, 3.05) is 11.9 Å². The maximum Gasteiger partial charge on any atom is 0.422 e. The van der Waals surface area contributed by atoms with E-state index in [1.165, 1.54) is 0 Å². The van der Waals surface area contributed by atoms with E-state index in [9.17, 15) is 10.00 Å². The molecule has 0 fully saturated rings. The second-order valence-electron chi connectivity index (χ2n) is 7.65. The zero-order valence-corrected chi connectivity index (χ0v) is 18.3. The summed E-state index contributed by atoms with van der Waals surface area (Å²) in [7, 11) is -2.97. The molecule has 3 aromatic rings. The molecule has 6 nitrogen and oxygen atoms in total. The molecule has 0 radical (unpaired) electrons. The van der Waals surface area contributed by atoms with Crippen LogP contribution in [-0.4, -0.2) is 21.5 Å². The number of phenols is 1. The Morgan fingerprint density at radius 1 is 1.17 bits per heavy atom. The van der Waals surface area contributed by atoms with Gasteiger partial charge >= 0.3 is 7.87 Å². The summed E-state index contributed by atoms with van der Waals surface area (Å²) in [5.74, 6) is 0.280. The molecule has 0 bridgehead atoms. The van der Waals surface area contributed by atoms with Crippen LogP contribution in [0.25, 0.3) is 10.9 Å². The van der Waals surface area contributed by atoms with Crippen LogP contribution in [0.15, 0.2) is 60.6 Å². The molecular formula is C23H27N3O3P+. The smallest absolute Gasteiger partial charge is 0.422 e. The Bertz CT molecular complexity index is 1090. The predicted octanol–water partition coefficient (Wildman–Crippen LogP) is 5.34. The van der Waals surface area contributed by atoms with Gasteiger partial charge in [0.2, 0.25) is 0 Å². The number of aryl methyl sites for hydroxylation is 2. The zero-order valence-electron chi connectivity index (χ0n) is 17.4. The summed E-state index contributed by atoms with van der Waals surface area (Å²) in [4.78, 5) is 15.9. The second kappa shape index (κ2) is 8.13. The second-order valence-corrected chi connectivity index (χ2v) is 9.96. The number of fused-ring (bicyclic) bond motifs is 1. The van der Waals surface area contributed by atoms with E-state index in [4.69, 9.17) is 4.52 Å². The molecule has 0 amide bonds. The van der Waals surface area contributed by atoms with Crippen molar-refractivity contribution in [3.63, 3.8) is 0 Å². The molecule has 7 heteroatoms. The third-order valence-electron chi connectivity index (χ3n) is 5.45. The molecule has 2 unspecified atom stereocenters. The first-order chi connectivity index (χ1) is 14.4. The van der Waals surface area contributed by atoms with E-state index < -0.39 is 7.87 Å². The number of hydrogen-bond acceptors (Lipinski definition) is 6. The number of benzene rings is 2. The van der Waals surface area contributed by atoms with E-state index in [1.807, 2.05) is 63.2 Å². The van der Waals surface area contributed by atoms with E-state index in [1.54, 1.807) is 12.5 Å². The largest absolute Gasteiger partial charge is 0.507 e. The van der Waals surface area contributed by atoms with Crippen molar-refractivity contribution in [3.8, 4) is 5.75 Å². The van der Waals surface area contributed by atoms with Gasteiger partial charge in [0, 0.05) is 10.9 Å². The van der Waals surface area contributed by atoms with Crippen LogP contribution in [0.3, 0.4) is 0 Å². The van der Waals surface area contributed by atoms with Crippen LogP contribution in [-0.2, 0) is 4.52 Å². The standard InChI is InChI=1S/C23H26N3O3P/c1-4-19-14-29-30(28,26-19)22(18-9-15(2)23(27)16(3)10-18)13-24-20-11-17-7-5-6-8-21(17)25-12-20/h5-12,14,22,24,26,28H,4,13H2,1-3H3/p+1. The molecule has 2 atom stereocenters. The normalized spacial score (nSPS) is 19.1. The summed E-state index contributed by atoms with van der Waals surface area (Å²) in [6, 6.07) is 13.8. The van der Waals surface area contributed by atoms with Gasteiger partial charge in [-0.15, -0.1) is 0 Å². The predicted molar refractivity (Wildman–Crippen MR) is 122 cm³/mol. The van der Waals surface area contributed by atoms with Crippen molar-refractivity contribution < 1.29 is 14.5 Å². The minimum Gasteiger partial charge on any atom is -0.507 e. The maximum absolute atomic E-state index is 11.4. The number of hydrogen-bond donors (Lipinski definition) is 4. The van der Waals surface area contributed by atoms with Crippen LogP contribution in [0.1, 0.15) is 35.7 Å². The van der Waals surface area contributed by atoms with E-state index in [0.717, 1.165) is 45.4 Å². The number of para-hydroxylation sites is 1. The van der Waals surface area contributed by atoms with Gasteiger partial charge < -0.3 is 10.4 Å². The van der Waals surface area contributed by atoms with E-state index in [0.29, 0.717) is 6.54 Å². The van der Waals surface area contributed by atoms with E-state index in [-0.39, 0.29) is 11.4 Å². The van der Waals surface area contributed by atoms with E-state index >= 15 is 0 Å². The van der Waals surface area contributed by atoms with Gasteiger partial charge in [0.15, 0.2) is 11.9 Å². The highest BCUT2D eigenvalue weighted by molar-refractivity contribution is 7.64. The number of allylic oxidation sites excluding steroid dienone is 1. The summed E-state index contributed by atoms with van der Waals surface area (Å²) >= 11 is 0. The minimum absolute atomic E-state index is 0.280. The number of aromatic hydroxyl groups is 1. The highest BCUT2D eigenvalue weighted by atomic mass is 31.2. The topological polar surface area (TPSA) is 86.6 Å². The summed E-state index contributed by atoms with van der Waals surface area (Å²) in [6.45, 7) is 6.20. The number of phenolic OH excluding ortho intramolecular Hbond substituents is 1. The number of pyridine rings is 1. The Kier molecular flexibility index (Phi) is 5.54. The highest BCUT2D eigenvalue weighted by Gasteiger charge is 2.53. The Balaban J connectivity index is 1.65. The maximum atomic E-state index is 11.4. The molecule has 0 spiro atoms. The van der Waals surface area contributed by atoms with E-state index in [2.05, 4.69) is 15.4 Å². The fourth-order valence-electron chi connectivity index (χ4n) is 3.72. The lowest BCUT2D eigenvalue weighted by Crippen LogP contribution is -2.23. The molecule has 1 aliphatic rings. The van der Waals surface area contributed by atoms with Gasteiger partial charge in [-0.05, 0) is 55.7 Å². The summed E-state index contributed by atoms with van der Waals surface area (Å²) in [5.41, 5.74) is 4.83. The molecule has 2 aromatic carbocycles. The van der Waals surface area contributed by atoms with Gasteiger partial charge in [-0.2, -0.15) is 4.89 Å². The first kappa shape index (κ1) is 20.5. The van der Waals surface area contributed by atoms with Crippen LogP contribution < -0.4 is 10.4 Å². The fraction of sp³-hybridized carbons (Fsp3) is 0.261. The third kappa shape index (κ3) is 3.93. The molecule has 1 aromatic heterocycles. The Morgan fingerprint density at radius 2 is 1.90 bits per heavy atom. The van der Waals surface area contributed by atoms with Gasteiger partial charge in [-0.1, -0.05) is 25.1 Å². The highest BCUT2D eigenvalue weighted by Crippen LogP contribution is 2.67. The fourth-order valence-corrected chi connectivity index (χ4v) is 5.88. The molecular weight excluding hydrogens is 397 g/mol. The van der Waals surface area contributed by atoms with Gasteiger partial charge in [-0.3, -0.25) is 9.51 Å². The lowest BCUT2D eigenvalue weighted by molar-refractivity contribution is 0.405. The number of nitrogens with zero attached hydrogens (tertiary/aromatic N) is 1. The van der Waals surface area contributed by atoms with Crippen molar-refractivity contribution >= 4 is 24.5 Å². The molecule has 1 aliphatic heterocycles. The van der Waals surface area contributed by atoms with Crippen molar-refractivity contribution in [1.82, 2.24) is 10.1 Å². The Hall–Kier alpha value is -2.82. The lowest BCUT2D eigenvalue weighted by Gasteiger charge is -2.24. The summed E-state index contributed by atoms with van der Waals surface area (Å²) in [6.07, 6.45) is 4.18. The SMILES string of the molecule is CCC1=CO[P+](O)(C(CNc2cnc3ccccc3c2)c2cc(C)c(O)c(C)c2)N1. The number of anilines is 1. The summed E-state index contributed by atoms with van der Waals surface area (Å²) < 4.78 is 5.80. The summed E-state index contributed by atoms with van der Waals surface area (Å²) in [5, 5.41) is 17.9. The monoisotopic (exact) mass is 424 g/mol. The Morgan fingerprint density at radius 3 is 2.60 bits per heavy atom. The average Bonchev–Trinajstić information content (AvgIpc) is 3.14. The molecule has 4 rings (SSSR count). The molecule has 4 N–H and O–H groups in total. The molecule has 0 aliphatic carbocycles. The average molecular weight is 424 g/mol. The number of nitrogens with one attached hydrogen (secondary N) is 2. The van der Waals surface area contributed by atoms with Crippen molar-refractivity contribution in [3.05, 3.63) is 77.3 Å². The molecule has 2 heterocycles. The third-order valence-corrected chi connectivity index (χ3v) is 7.81. The van der Waals surface area contributed by atoms with Crippen LogP contribution in [0.4, 0.5) is 5.69 Å². The first-order valence-electron chi connectivity index (χ1n) is 10.1. The van der Waals surface area contributed by atoms with Crippen molar-refractivity contribution in [1.29, 1.82) is 0 Å². The zero-order chi connectivity index (χ0) is 21.3. The lowest BCUT2D eigenvalue weighted by atomic mass is 10.0. The van der Waals surface area contributed by atoms with Gasteiger partial charge in [-0.25, -0.2) is 5.09 Å². The van der Waals surface area contributed by atoms with Gasteiger partial charge in [0.1, 0.15) is 5.75 Å². The molecule has 0 saturated carbocycles. The Labute approximate surface area is 177 Å². The van der Waals surface area contributed by atoms with Crippen molar-refractivity contribution in [2.24, 2.45) is 0 Å². The van der Waals surface area contributed by atoms with Crippen LogP contribution in [0, 0.1) is 13.8 Å². The van der Waals surface area contributed by atoms with Crippen LogP contribution in [0.5, 0.6) is 5.75 Å². The minimum atomic E-state index is -2.97. The van der Waals surface area contributed by atoms with Crippen molar-refractivity contribution in [2.45, 2.75) is 32.9 Å². The van der Waals surface area contributed by atoms with Crippen LogP contribution in [0.2, 0.25) is 0 Å². The molecule has 0 saturated heterocycles. The van der Waals surface area contributed by atoms with Crippen LogP contribution >= 0.6 is 7.87 Å². The molecule has 156 valence electrons. The van der Waals surface area contributed by atoms with Gasteiger partial charge in [0.05, 0.1) is 29.6 Å². The quantitative estimate of drug-likeness (QED) is 0.400. The first-order valence-corrected chi connectivity index (χ1v) is 11.8. The number of rotatable bonds is 6. The van der Waals surface area contributed by atoms with Gasteiger partial charge in [0.25, 0.3) is 0 Å². The number of aromatic nitrogens is 1. The molecule has 30 heavy (non-hydrogen) atoms.